The Morgan fingerprint density at radius 2 is 1.92 bits per heavy atom. The number of rotatable bonds is 2. The number of amides is 1. The average molecular weight is 183 g/mol. The van der Waals surface area contributed by atoms with Crippen molar-refractivity contribution < 1.29 is 9.63 Å². The van der Waals surface area contributed by atoms with Gasteiger partial charge in [0.25, 0.3) is 0 Å². The maximum Gasteiger partial charge on any atom is 0.246 e. The van der Waals surface area contributed by atoms with E-state index < -0.39 is 0 Å². The van der Waals surface area contributed by atoms with E-state index in [1.807, 2.05) is 0 Å². The van der Waals surface area contributed by atoms with Gasteiger partial charge in [0.15, 0.2) is 0 Å². The Kier molecular flexibility index (Phi) is 2.28. The van der Waals surface area contributed by atoms with E-state index in [0.29, 0.717) is 5.41 Å². The van der Waals surface area contributed by atoms with Crippen LogP contribution in [-0.4, -0.2) is 13.0 Å². The van der Waals surface area contributed by atoms with Crippen molar-refractivity contribution in [1.82, 2.24) is 5.48 Å². The van der Waals surface area contributed by atoms with Crippen molar-refractivity contribution in [1.29, 1.82) is 0 Å². The fourth-order valence-corrected chi connectivity index (χ4v) is 2.35. The molecule has 2 aliphatic rings. The molecule has 1 amide bonds. The van der Waals surface area contributed by atoms with Gasteiger partial charge in [0.2, 0.25) is 5.91 Å². The van der Waals surface area contributed by atoms with Crippen LogP contribution in [0.1, 0.15) is 38.5 Å². The van der Waals surface area contributed by atoms with Crippen molar-refractivity contribution in [3.63, 3.8) is 0 Å². The summed E-state index contributed by atoms with van der Waals surface area (Å²) in [6, 6.07) is 0. The molecule has 0 aliphatic heterocycles. The van der Waals surface area contributed by atoms with Crippen LogP contribution in [0.4, 0.5) is 0 Å². The molecule has 74 valence electrons. The Morgan fingerprint density at radius 1 is 1.31 bits per heavy atom. The van der Waals surface area contributed by atoms with Gasteiger partial charge in [-0.3, -0.25) is 9.63 Å². The van der Waals surface area contributed by atoms with Gasteiger partial charge in [0.1, 0.15) is 0 Å². The molecule has 13 heavy (non-hydrogen) atoms. The van der Waals surface area contributed by atoms with E-state index in [1.165, 1.54) is 32.8 Å². The second-order valence-corrected chi connectivity index (χ2v) is 4.44. The molecule has 2 rings (SSSR count). The largest absolute Gasteiger partial charge is 0.277 e. The van der Waals surface area contributed by atoms with Gasteiger partial charge < -0.3 is 0 Å². The zero-order valence-corrected chi connectivity index (χ0v) is 8.14. The number of hydrogen-bond acceptors (Lipinski definition) is 2. The van der Waals surface area contributed by atoms with Gasteiger partial charge in [-0.25, -0.2) is 5.48 Å². The summed E-state index contributed by atoms with van der Waals surface area (Å²) in [5, 5.41) is 0. The Bertz CT molecular complexity index is 201. The molecule has 2 fully saturated rings. The lowest BCUT2D eigenvalue weighted by Gasteiger charge is -2.26. The topological polar surface area (TPSA) is 38.3 Å². The predicted molar refractivity (Wildman–Crippen MR) is 48.8 cm³/mol. The van der Waals surface area contributed by atoms with Gasteiger partial charge in [-0.15, -0.1) is 0 Å². The zero-order chi connectivity index (χ0) is 9.31. The lowest BCUT2D eigenvalue weighted by Crippen LogP contribution is -2.32. The third-order valence-corrected chi connectivity index (χ3v) is 3.58. The van der Waals surface area contributed by atoms with Crippen molar-refractivity contribution >= 4 is 5.91 Å². The SMILES string of the molecule is CONC(=O)C1CCC2(CC1)CC2. The van der Waals surface area contributed by atoms with Crippen LogP contribution < -0.4 is 5.48 Å². The van der Waals surface area contributed by atoms with E-state index in [2.05, 4.69) is 10.3 Å². The molecule has 0 unspecified atom stereocenters. The molecule has 0 aromatic heterocycles. The highest BCUT2D eigenvalue weighted by Crippen LogP contribution is 2.57. The van der Waals surface area contributed by atoms with Crippen LogP contribution in [-0.2, 0) is 9.63 Å². The Hall–Kier alpha value is -0.570. The fourth-order valence-electron chi connectivity index (χ4n) is 2.35. The van der Waals surface area contributed by atoms with E-state index in [-0.39, 0.29) is 11.8 Å². The monoisotopic (exact) mass is 183 g/mol. The van der Waals surface area contributed by atoms with Gasteiger partial charge >= 0.3 is 0 Å². The maximum absolute atomic E-state index is 11.4. The number of nitrogens with one attached hydrogen (secondary N) is 1. The molecule has 0 heterocycles. The molecule has 0 aromatic rings. The van der Waals surface area contributed by atoms with E-state index in [4.69, 9.17) is 0 Å². The lowest BCUT2D eigenvalue weighted by molar-refractivity contribution is -0.136. The second kappa shape index (κ2) is 3.29. The molecule has 0 saturated heterocycles. The Balaban J connectivity index is 1.80. The molecular formula is C10H17NO2. The van der Waals surface area contributed by atoms with Crippen molar-refractivity contribution in [2.45, 2.75) is 38.5 Å². The normalized spacial score (nSPS) is 25.9. The molecule has 0 bridgehead atoms. The minimum absolute atomic E-state index is 0.0676. The third kappa shape index (κ3) is 1.85. The van der Waals surface area contributed by atoms with E-state index in [1.54, 1.807) is 0 Å². The molecule has 1 N–H and O–H groups in total. The molecule has 1 spiro atoms. The van der Waals surface area contributed by atoms with Crippen LogP contribution in [0, 0.1) is 11.3 Å². The molecular weight excluding hydrogens is 166 g/mol. The maximum atomic E-state index is 11.4. The number of carbonyl (C=O) groups is 1. The van der Waals surface area contributed by atoms with Crippen molar-refractivity contribution in [2.24, 2.45) is 11.3 Å². The van der Waals surface area contributed by atoms with Crippen LogP contribution in [0.2, 0.25) is 0 Å². The third-order valence-electron chi connectivity index (χ3n) is 3.58. The number of hydrogen-bond donors (Lipinski definition) is 1. The summed E-state index contributed by atoms with van der Waals surface area (Å²) in [6.45, 7) is 0. The lowest BCUT2D eigenvalue weighted by atomic mass is 9.79. The van der Waals surface area contributed by atoms with Gasteiger partial charge in [0, 0.05) is 5.92 Å². The first kappa shape index (κ1) is 9.00. The summed E-state index contributed by atoms with van der Waals surface area (Å²) in [7, 11) is 1.49. The first-order chi connectivity index (χ1) is 6.26. The van der Waals surface area contributed by atoms with Crippen LogP contribution in [0.3, 0.4) is 0 Å². The zero-order valence-electron chi connectivity index (χ0n) is 8.14. The summed E-state index contributed by atoms with van der Waals surface area (Å²) in [4.78, 5) is 16.0. The summed E-state index contributed by atoms with van der Waals surface area (Å²) in [5.74, 6) is 0.268. The van der Waals surface area contributed by atoms with Crippen molar-refractivity contribution in [3.05, 3.63) is 0 Å². The summed E-state index contributed by atoms with van der Waals surface area (Å²) in [6.07, 6.45) is 7.38. The fraction of sp³-hybridized carbons (Fsp3) is 0.900. The van der Waals surface area contributed by atoms with E-state index >= 15 is 0 Å². The minimum Gasteiger partial charge on any atom is -0.277 e. The van der Waals surface area contributed by atoms with Crippen LogP contribution in [0.5, 0.6) is 0 Å². The summed E-state index contributed by atoms with van der Waals surface area (Å²) in [5.41, 5.74) is 3.09. The van der Waals surface area contributed by atoms with Crippen molar-refractivity contribution in [2.75, 3.05) is 7.11 Å². The van der Waals surface area contributed by atoms with Gasteiger partial charge in [-0.05, 0) is 43.9 Å². The van der Waals surface area contributed by atoms with Crippen LogP contribution in [0.25, 0.3) is 0 Å². The molecule has 3 heteroatoms. The summed E-state index contributed by atoms with van der Waals surface area (Å²) < 4.78 is 0. The van der Waals surface area contributed by atoms with Gasteiger partial charge in [0.05, 0.1) is 7.11 Å². The summed E-state index contributed by atoms with van der Waals surface area (Å²) >= 11 is 0. The van der Waals surface area contributed by atoms with Gasteiger partial charge in [-0.1, -0.05) is 0 Å². The minimum atomic E-state index is 0.0676. The molecule has 0 radical (unpaired) electrons. The highest BCUT2D eigenvalue weighted by Gasteiger charge is 2.45. The Labute approximate surface area is 78.8 Å². The molecule has 3 nitrogen and oxygen atoms in total. The molecule has 0 atom stereocenters. The first-order valence-electron chi connectivity index (χ1n) is 5.09. The highest BCUT2D eigenvalue weighted by molar-refractivity contribution is 5.77. The Morgan fingerprint density at radius 3 is 2.38 bits per heavy atom. The van der Waals surface area contributed by atoms with E-state index in [9.17, 15) is 4.79 Å². The first-order valence-corrected chi connectivity index (χ1v) is 5.09. The smallest absolute Gasteiger partial charge is 0.246 e. The van der Waals surface area contributed by atoms with Crippen LogP contribution >= 0.6 is 0 Å². The van der Waals surface area contributed by atoms with Crippen LogP contribution in [0.15, 0.2) is 0 Å². The van der Waals surface area contributed by atoms with Gasteiger partial charge in [-0.2, -0.15) is 0 Å². The quantitative estimate of drug-likeness (QED) is 0.661. The second-order valence-electron chi connectivity index (χ2n) is 4.44. The molecule has 2 saturated carbocycles. The standard InChI is InChI=1S/C10H17NO2/c1-13-11-9(12)8-2-4-10(5-3-8)6-7-10/h8H,2-7H2,1H3,(H,11,12). The predicted octanol–water partition coefficient (Wildman–Crippen LogP) is 1.63. The van der Waals surface area contributed by atoms with Crippen molar-refractivity contribution in [3.8, 4) is 0 Å². The number of hydroxylamine groups is 1. The molecule has 2 aliphatic carbocycles. The number of carbonyl (C=O) groups excluding carboxylic acids is 1. The molecule has 0 aromatic carbocycles. The van der Waals surface area contributed by atoms with E-state index in [0.717, 1.165) is 12.8 Å². The average Bonchev–Trinajstić information content (AvgIpc) is 2.87. The highest BCUT2D eigenvalue weighted by atomic mass is 16.6.